The molecule has 1 aromatic rings. The van der Waals surface area contributed by atoms with E-state index in [0.29, 0.717) is 12.1 Å². The Morgan fingerprint density at radius 2 is 2.12 bits per heavy atom. The minimum atomic E-state index is 0.364. The van der Waals surface area contributed by atoms with Crippen molar-refractivity contribution in [2.75, 3.05) is 26.2 Å². The number of hydrogen-bond acceptors (Lipinski definition) is 3. The molecule has 3 nitrogen and oxygen atoms in total. The Kier molecular flexibility index (Phi) is 3.04. The fraction of sp³-hybridized carbons (Fsp3) is 0.571. The van der Waals surface area contributed by atoms with Crippen LogP contribution in [0.4, 0.5) is 0 Å². The summed E-state index contributed by atoms with van der Waals surface area (Å²) in [5.41, 5.74) is 1.28. The van der Waals surface area contributed by atoms with Crippen LogP contribution in [0, 0.1) is 6.92 Å². The molecule has 0 saturated carbocycles. The number of hydrogen-bond donors (Lipinski definition) is 1. The zero-order valence-electron chi connectivity index (χ0n) is 10.4. The standard InChI is InChI=1S/C14H20N2O/c1-11-2-4-13(5-3-11)17-14-8-12-9-15-6-7-16(12)10-14/h2-5,12,14-15H,6-10H2,1H3/t12-,14-/m0/s1. The maximum atomic E-state index is 6.05. The van der Waals surface area contributed by atoms with Crippen LogP contribution in [0.2, 0.25) is 0 Å². The molecule has 2 atom stereocenters. The Bertz CT molecular complexity index is 362. The Morgan fingerprint density at radius 1 is 1.29 bits per heavy atom. The molecule has 1 N–H and O–H groups in total. The molecule has 2 aliphatic rings. The second-order valence-corrected chi connectivity index (χ2v) is 5.14. The van der Waals surface area contributed by atoms with Crippen LogP contribution in [0.15, 0.2) is 24.3 Å². The van der Waals surface area contributed by atoms with Gasteiger partial charge in [0.1, 0.15) is 11.9 Å². The number of aryl methyl sites for hydroxylation is 1. The molecule has 92 valence electrons. The van der Waals surface area contributed by atoms with Gasteiger partial charge in [-0.3, -0.25) is 4.90 Å². The summed E-state index contributed by atoms with van der Waals surface area (Å²) >= 11 is 0. The van der Waals surface area contributed by atoms with Crippen molar-refractivity contribution in [3.8, 4) is 5.75 Å². The minimum absolute atomic E-state index is 0.364. The molecule has 2 saturated heterocycles. The van der Waals surface area contributed by atoms with E-state index in [-0.39, 0.29) is 0 Å². The van der Waals surface area contributed by atoms with Crippen molar-refractivity contribution in [1.82, 2.24) is 10.2 Å². The maximum Gasteiger partial charge on any atom is 0.119 e. The first-order chi connectivity index (χ1) is 8.31. The van der Waals surface area contributed by atoms with Crippen LogP contribution in [0.25, 0.3) is 0 Å². The molecule has 3 rings (SSSR count). The lowest BCUT2D eigenvalue weighted by Crippen LogP contribution is -2.47. The van der Waals surface area contributed by atoms with E-state index in [1.165, 1.54) is 12.1 Å². The molecule has 0 radical (unpaired) electrons. The molecular formula is C14H20N2O. The third-order valence-corrected chi connectivity index (χ3v) is 3.77. The summed E-state index contributed by atoms with van der Waals surface area (Å²) in [7, 11) is 0. The average Bonchev–Trinajstić information content (AvgIpc) is 2.74. The average molecular weight is 232 g/mol. The number of benzene rings is 1. The van der Waals surface area contributed by atoms with E-state index < -0.39 is 0 Å². The third kappa shape index (κ3) is 2.45. The maximum absolute atomic E-state index is 6.05. The molecule has 2 fully saturated rings. The smallest absolute Gasteiger partial charge is 0.119 e. The van der Waals surface area contributed by atoms with Gasteiger partial charge in [-0.05, 0) is 19.1 Å². The number of nitrogens with zero attached hydrogens (tertiary/aromatic N) is 1. The second kappa shape index (κ2) is 4.67. The fourth-order valence-corrected chi connectivity index (χ4v) is 2.81. The first-order valence-electron chi connectivity index (χ1n) is 6.49. The minimum Gasteiger partial charge on any atom is -0.489 e. The topological polar surface area (TPSA) is 24.5 Å². The van der Waals surface area contributed by atoms with Crippen LogP contribution in [0.1, 0.15) is 12.0 Å². The first kappa shape index (κ1) is 11.1. The number of fused-ring (bicyclic) bond motifs is 1. The lowest BCUT2D eigenvalue weighted by molar-refractivity contribution is 0.186. The Labute approximate surface area is 103 Å². The molecule has 0 spiro atoms. The van der Waals surface area contributed by atoms with Gasteiger partial charge < -0.3 is 10.1 Å². The highest BCUT2D eigenvalue weighted by Crippen LogP contribution is 2.23. The number of piperazine rings is 1. The molecular weight excluding hydrogens is 212 g/mol. The highest BCUT2D eigenvalue weighted by atomic mass is 16.5. The van der Waals surface area contributed by atoms with Gasteiger partial charge in [-0.2, -0.15) is 0 Å². The summed E-state index contributed by atoms with van der Waals surface area (Å²) in [6, 6.07) is 9.05. The van der Waals surface area contributed by atoms with E-state index in [9.17, 15) is 0 Å². The van der Waals surface area contributed by atoms with Crippen molar-refractivity contribution in [1.29, 1.82) is 0 Å². The van der Waals surface area contributed by atoms with Crippen molar-refractivity contribution < 1.29 is 4.74 Å². The lowest BCUT2D eigenvalue weighted by atomic mass is 10.1. The monoisotopic (exact) mass is 232 g/mol. The predicted molar refractivity (Wildman–Crippen MR) is 68.4 cm³/mol. The molecule has 0 bridgehead atoms. The molecule has 0 aromatic heterocycles. The van der Waals surface area contributed by atoms with Crippen LogP contribution < -0.4 is 10.1 Å². The number of rotatable bonds is 2. The highest BCUT2D eigenvalue weighted by Gasteiger charge is 2.34. The predicted octanol–water partition coefficient (Wildman–Crippen LogP) is 1.42. The van der Waals surface area contributed by atoms with Crippen LogP contribution in [-0.4, -0.2) is 43.2 Å². The van der Waals surface area contributed by atoms with Crippen LogP contribution in [0.5, 0.6) is 5.75 Å². The number of ether oxygens (including phenoxy) is 1. The van der Waals surface area contributed by atoms with E-state index in [0.717, 1.165) is 31.8 Å². The van der Waals surface area contributed by atoms with Gasteiger partial charge in [0.25, 0.3) is 0 Å². The summed E-state index contributed by atoms with van der Waals surface area (Å²) in [4.78, 5) is 2.55. The van der Waals surface area contributed by atoms with Gasteiger partial charge in [0.15, 0.2) is 0 Å². The normalized spacial score (nSPS) is 29.0. The summed E-state index contributed by atoms with van der Waals surface area (Å²) in [6.45, 7) is 6.59. The quantitative estimate of drug-likeness (QED) is 0.834. The zero-order valence-corrected chi connectivity index (χ0v) is 10.4. The van der Waals surface area contributed by atoms with Gasteiger partial charge in [-0.1, -0.05) is 17.7 Å². The van der Waals surface area contributed by atoms with Crippen molar-refractivity contribution in [3.05, 3.63) is 29.8 Å². The van der Waals surface area contributed by atoms with Crippen molar-refractivity contribution in [3.63, 3.8) is 0 Å². The Morgan fingerprint density at radius 3 is 2.88 bits per heavy atom. The largest absolute Gasteiger partial charge is 0.489 e. The van der Waals surface area contributed by atoms with E-state index in [2.05, 4.69) is 41.4 Å². The van der Waals surface area contributed by atoms with Crippen molar-refractivity contribution in [2.45, 2.75) is 25.5 Å². The zero-order chi connectivity index (χ0) is 11.7. The van der Waals surface area contributed by atoms with E-state index in [1.807, 2.05) is 0 Å². The third-order valence-electron chi connectivity index (χ3n) is 3.77. The fourth-order valence-electron chi connectivity index (χ4n) is 2.81. The van der Waals surface area contributed by atoms with Gasteiger partial charge in [0.2, 0.25) is 0 Å². The van der Waals surface area contributed by atoms with Crippen LogP contribution in [-0.2, 0) is 0 Å². The summed E-state index contributed by atoms with van der Waals surface area (Å²) in [5.74, 6) is 1.01. The molecule has 3 heteroatoms. The van der Waals surface area contributed by atoms with Crippen molar-refractivity contribution >= 4 is 0 Å². The van der Waals surface area contributed by atoms with Gasteiger partial charge in [-0.25, -0.2) is 0 Å². The summed E-state index contributed by atoms with van der Waals surface area (Å²) in [6.07, 6.45) is 1.52. The molecule has 2 aliphatic heterocycles. The van der Waals surface area contributed by atoms with Gasteiger partial charge >= 0.3 is 0 Å². The van der Waals surface area contributed by atoms with E-state index >= 15 is 0 Å². The van der Waals surface area contributed by atoms with Crippen LogP contribution >= 0.6 is 0 Å². The van der Waals surface area contributed by atoms with Gasteiger partial charge in [0, 0.05) is 38.6 Å². The molecule has 2 heterocycles. The Balaban J connectivity index is 1.61. The van der Waals surface area contributed by atoms with Gasteiger partial charge in [-0.15, -0.1) is 0 Å². The highest BCUT2D eigenvalue weighted by molar-refractivity contribution is 5.26. The molecule has 0 aliphatic carbocycles. The summed E-state index contributed by atoms with van der Waals surface area (Å²) in [5, 5.41) is 3.45. The Hall–Kier alpha value is -1.06. The van der Waals surface area contributed by atoms with Crippen molar-refractivity contribution in [2.24, 2.45) is 0 Å². The molecule has 17 heavy (non-hydrogen) atoms. The number of nitrogens with one attached hydrogen (secondary N) is 1. The molecule has 1 aromatic carbocycles. The van der Waals surface area contributed by atoms with Crippen LogP contribution in [0.3, 0.4) is 0 Å². The second-order valence-electron chi connectivity index (χ2n) is 5.14. The lowest BCUT2D eigenvalue weighted by Gasteiger charge is -2.29. The van der Waals surface area contributed by atoms with Gasteiger partial charge in [0.05, 0.1) is 0 Å². The van der Waals surface area contributed by atoms with E-state index in [4.69, 9.17) is 4.74 Å². The summed E-state index contributed by atoms with van der Waals surface area (Å²) < 4.78 is 6.05. The van der Waals surface area contributed by atoms with E-state index in [1.54, 1.807) is 0 Å². The molecule has 0 unspecified atom stereocenters. The SMILES string of the molecule is Cc1ccc(O[C@H]2C[C@H]3CNCCN3C2)cc1. The molecule has 0 amide bonds. The first-order valence-corrected chi connectivity index (χ1v) is 6.49.